The standard InChI is InChI=1S/C21H22INO3/c1-21(2,3)20(25)26-18(15-8-6-5-7-9-15)14-19(24)23(4)17-12-10-16(22)11-13-17/h5-14H,1-4H3/b18-14+. The monoisotopic (exact) mass is 463 g/mol. The Hall–Kier alpha value is -2.15. The van der Waals surface area contributed by atoms with E-state index >= 15 is 0 Å². The summed E-state index contributed by atoms with van der Waals surface area (Å²) in [5, 5.41) is 0. The van der Waals surface area contributed by atoms with Crippen LogP contribution >= 0.6 is 22.6 Å². The van der Waals surface area contributed by atoms with E-state index in [0.717, 1.165) is 9.26 Å². The predicted molar refractivity (Wildman–Crippen MR) is 113 cm³/mol. The van der Waals surface area contributed by atoms with Crippen molar-refractivity contribution in [1.82, 2.24) is 0 Å². The topological polar surface area (TPSA) is 46.6 Å². The number of amides is 1. The van der Waals surface area contributed by atoms with Crippen LogP contribution in [0.15, 0.2) is 60.7 Å². The largest absolute Gasteiger partial charge is 0.425 e. The third-order valence-corrected chi connectivity index (χ3v) is 4.39. The highest BCUT2D eigenvalue weighted by Gasteiger charge is 2.25. The zero-order valence-electron chi connectivity index (χ0n) is 15.3. The number of ether oxygens (including phenoxy) is 1. The first-order chi connectivity index (χ1) is 12.2. The fourth-order valence-electron chi connectivity index (χ4n) is 2.03. The van der Waals surface area contributed by atoms with Gasteiger partial charge in [0.25, 0.3) is 5.91 Å². The Morgan fingerprint density at radius 1 is 1.00 bits per heavy atom. The van der Waals surface area contributed by atoms with E-state index in [1.165, 1.54) is 11.0 Å². The molecule has 2 aromatic rings. The molecule has 5 heteroatoms. The van der Waals surface area contributed by atoms with Gasteiger partial charge in [-0.1, -0.05) is 30.3 Å². The third kappa shape index (κ3) is 5.42. The van der Waals surface area contributed by atoms with Crippen LogP contribution in [0.25, 0.3) is 5.76 Å². The normalized spacial score (nSPS) is 11.8. The van der Waals surface area contributed by atoms with Crippen molar-refractivity contribution in [2.24, 2.45) is 5.41 Å². The molecule has 136 valence electrons. The van der Waals surface area contributed by atoms with E-state index in [1.807, 2.05) is 42.5 Å². The third-order valence-electron chi connectivity index (χ3n) is 3.67. The fourth-order valence-corrected chi connectivity index (χ4v) is 2.39. The van der Waals surface area contributed by atoms with E-state index in [4.69, 9.17) is 4.74 Å². The molecular formula is C21H22INO3. The van der Waals surface area contributed by atoms with Crippen LogP contribution in [0.3, 0.4) is 0 Å². The Morgan fingerprint density at radius 3 is 2.12 bits per heavy atom. The summed E-state index contributed by atoms with van der Waals surface area (Å²) in [5.41, 5.74) is 0.773. The lowest BCUT2D eigenvalue weighted by Crippen LogP contribution is -2.26. The average Bonchev–Trinajstić information content (AvgIpc) is 2.61. The maximum absolute atomic E-state index is 12.7. The lowest BCUT2D eigenvalue weighted by Gasteiger charge is -2.20. The molecule has 0 radical (unpaired) electrons. The molecule has 4 nitrogen and oxygen atoms in total. The zero-order chi connectivity index (χ0) is 19.3. The number of carbonyl (C=O) groups excluding carboxylic acids is 2. The minimum Gasteiger partial charge on any atom is -0.425 e. The molecule has 0 aliphatic carbocycles. The summed E-state index contributed by atoms with van der Waals surface area (Å²) in [5.74, 6) is -0.419. The Bertz CT molecular complexity index is 805. The molecule has 26 heavy (non-hydrogen) atoms. The maximum Gasteiger partial charge on any atom is 0.316 e. The highest BCUT2D eigenvalue weighted by molar-refractivity contribution is 14.1. The number of carbonyl (C=O) groups is 2. The van der Waals surface area contributed by atoms with Crippen LogP contribution in [0.2, 0.25) is 0 Å². The highest BCUT2D eigenvalue weighted by atomic mass is 127. The van der Waals surface area contributed by atoms with Gasteiger partial charge in [0.05, 0.1) is 5.41 Å². The van der Waals surface area contributed by atoms with Crippen molar-refractivity contribution in [3.05, 3.63) is 69.8 Å². The van der Waals surface area contributed by atoms with Crippen molar-refractivity contribution in [2.45, 2.75) is 20.8 Å². The van der Waals surface area contributed by atoms with Gasteiger partial charge in [0.15, 0.2) is 0 Å². The van der Waals surface area contributed by atoms with Crippen molar-refractivity contribution in [3.8, 4) is 0 Å². The van der Waals surface area contributed by atoms with Gasteiger partial charge in [0.2, 0.25) is 0 Å². The Morgan fingerprint density at radius 2 is 1.58 bits per heavy atom. The lowest BCUT2D eigenvalue weighted by atomic mass is 9.97. The Labute approximate surface area is 168 Å². The maximum atomic E-state index is 12.7. The summed E-state index contributed by atoms with van der Waals surface area (Å²) in [7, 11) is 1.69. The summed E-state index contributed by atoms with van der Waals surface area (Å²) >= 11 is 2.21. The van der Waals surface area contributed by atoms with Crippen molar-refractivity contribution < 1.29 is 14.3 Å². The molecule has 0 spiro atoms. The second-order valence-corrected chi connectivity index (χ2v) is 8.13. The number of esters is 1. The number of nitrogens with zero attached hydrogens (tertiary/aromatic N) is 1. The molecule has 0 aliphatic rings. The molecular weight excluding hydrogens is 441 g/mol. The van der Waals surface area contributed by atoms with Gasteiger partial charge in [0, 0.05) is 27.9 Å². The second kappa shape index (κ2) is 8.49. The van der Waals surface area contributed by atoms with E-state index in [-0.39, 0.29) is 11.7 Å². The SMILES string of the molecule is CN(C(=O)/C=C(/OC(=O)C(C)(C)C)c1ccccc1)c1ccc(I)cc1. The molecule has 0 unspecified atom stereocenters. The van der Waals surface area contributed by atoms with Gasteiger partial charge in [-0.05, 0) is 67.6 Å². The first-order valence-corrected chi connectivity index (χ1v) is 9.29. The van der Waals surface area contributed by atoms with Crippen LogP contribution in [0, 0.1) is 8.99 Å². The van der Waals surface area contributed by atoms with E-state index in [1.54, 1.807) is 40.0 Å². The number of benzene rings is 2. The number of hydrogen-bond acceptors (Lipinski definition) is 3. The van der Waals surface area contributed by atoms with Crippen molar-refractivity contribution in [2.75, 3.05) is 11.9 Å². The molecule has 0 saturated heterocycles. The van der Waals surface area contributed by atoms with Crippen LogP contribution in [0.1, 0.15) is 26.3 Å². The number of halogens is 1. The smallest absolute Gasteiger partial charge is 0.316 e. The van der Waals surface area contributed by atoms with Gasteiger partial charge in [-0.2, -0.15) is 0 Å². The quantitative estimate of drug-likeness (QED) is 0.281. The number of hydrogen-bond donors (Lipinski definition) is 0. The van der Waals surface area contributed by atoms with Gasteiger partial charge >= 0.3 is 5.97 Å². The summed E-state index contributed by atoms with van der Waals surface area (Å²) in [6.07, 6.45) is 1.36. The summed E-state index contributed by atoms with van der Waals surface area (Å²) in [6, 6.07) is 16.8. The second-order valence-electron chi connectivity index (χ2n) is 6.89. The van der Waals surface area contributed by atoms with E-state index < -0.39 is 11.4 Å². The van der Waals surface area contributed by atoms with Crippen LogP contribution < -0.4 is 4.90 Å². The Balaban J connectivity index is 2.32. The summed E-state index contributed by atoms with van der Waals surface area (Å²) < 4.78 is 6.64. The lowest BCUT2D eigenvalue weighted by molar-refractivity contribution is -0.145. The summed E-state index contributed by atoms with van der Waals surface area (Å²) in [4.78, 5) is 26.5. The van der Waals surface area contributed by atoms with Crippen LogP contribution in [0.4, 0.5) is 5.69 Å². The molecule has 2 rings (SSSR count). The zero-order valence-corrected chi connectivity index (χ0v) is 17.5. The molecule has 0 N–H and O–H groups in total. The fraction of sp³-hybridized carbons (Fsp3) is 0.238. The molecule has 0 bridgehead atoms. The molecule has 0 aromatic heterocycles. The minimum atomic E-state index is -0.668. The molecule has 1 amide bonds. The van der Waals surface area contributed by atoms with Crippen molar-refractivity contribution in [1.29, 1.82) is 0 Å². The van der Waals surface area contributed by atoms with Crippen LogP contribution in [-0.4, -0.2) is 18.9 Å². The molecule has 0 atom stereocenters. The van der Waals surface area contributed by atoms with Crippen molar-refractivity contribution >= 4 is 45.9 Å². The molecule has 0 aliphatic heterocycles. The molecule has 2 aromatic carbocycles. The van der Waals surface area contributed by atoms with Gasteiger partial charge in [0.1, 0.15) is 5.76 Å². The predicted octanol–water partition coefficient (Wildman–Crippen LogP) is 4.88. The number of anilines is 1. The summed E-state index contributed by atoms with van der Waals surface area (Å²) in [6.45, 7) is 5.33. The van der Waals surface area contributed by atoms with Crippen LogP contribution in [0.5, 0.6) is 0 Å². The van der Waals surface area contributed by atoms with Gasteiger partial charge in [-0.25, -0.2) is 0 Å². The highest BCUT2D eigenvalue weighted by Crippen LogP contribution is 2.24. The van der Waals surface area contributed by atoms with E-state index in [9.17, 15) is 9.59 Å². The number of rotatable bonds is 4. The first kappa shape index (κ1) is 20.2. The van der Waals surface area contributed by atoms with Crippen molar-refractivity contribution in [3.63, 3.8) is 0 Å². The van der Waals surface area contributed by atoms with E-state index in [0.29, 0.717) is 5.56 Å². The van der Waals surface area contributed by atoms with Gasteiger partial charge < -0.3 is 9.64 Å². The molecule has 0 heterocycles. The molecule has 0 fully saturated rings. The van der Waals surface area contributed by atoms with E-state index in [2.05, 4.69) is 22.6 Å². The molecule has 0 saturated carbocycles. The number of likely N-dealkylation sites (N-methyl/N-ethyl adjacent to an activating group) is 1. The van der Waals surface area contributed by atoms with Gasteiger partial charge in [-0.15, -0.1) is 0 Å². The minimum absolute atomic E-state index is 0.243. The average molecular weight is 463 g/mol. The Kier molecular flexibility index (Phi) is 6.58. The van der Waals surface area contributed by atoms with Crippen LogP contribution in [-0.2, 0) is 14.3 Å². The first-order valence-electron chi connectivity index (χ1n) is 8.21. The van der Waals surface area contributed by atoms with Gasteiger partial charge in [-0.3, -0.25) is 9.59 Å².